The van der Waals surface area contributed by atoms with Crippen LogP contribution in [0.4, 0.5) is 11.4 Å². The van der Waals surface area contributed by atoms with Gasteiger partial charge in [-0.05, 0) is 42.0 Å². The van der Waals surface area contributed by atoms with Gasteiger partial charge in [-0.25, -0.2) is 0 Å². The van der Waals surface area contributed by atoms with Crippen LogP contribution in [0.15, 0.2) is 66.7 Å². The zero-order valence-corrected chi connectivity index (χ0v) is 16.8. The van der Waals surface area contributed by atoms with Gasteiger partial charge in [-0.3, -0.25) is 20.2 Å². The van der Waals surface area contributed by atoms with Gasteiger partial charge < -0.3 is 14.2 Å². The lowest BCUT2D eigenvalue weighted by atomic mass is 10.1. The Morgan fingerprint density at radius 2 is 1.28 bits per heavy atom. The fraction of sp³-hybridized carbons (Fsp3) is 0.130. The molecule has 0 spiro atoms. The second kappa shape index (κ2) is 10.4. The molecule has 0 bridgehead atoms. The van der Waals surface area contributed by atoms with Gasteiger partial charge in [0.15, 0.2) is 0 Å². The van der Waals surface area contributed by atoms with Gasteiger partial charge >= 0.3 is 0 Å². The van der Waals surface area contributed by atoms with Crippen molar-refractivity contribution in [2.75, 3.05) is 6.61 Å². The normalized spacial score (nSPS) is 10.1. The molecule has 0 saturated heterocycles. The van der Waals surface area contributed by atoms with Gasteiger partial charge in [0.05, 0.1) is 9.85 Å². The predicted octanol–water partition coefficient (Wildman–Crippen LogP) is 4.67. The monoisotopic (exact) mass is 434 g/mol. The summed E-state index contributed by atoms with van der Waals surface area (Å²) in [6.07, 6.45) is 5.28. The van der Waals surface area contributed by atoms with Crippen molar-refractivity contribution in [1.29, 1.82) is 0 Å². The van der Waals surface area contributed by atoms with E-state index in [-0.39, 0.29) is 31.2 Å². The maximum atomic E-state index is 10.8. The second-order valence-corrected chi connectivity index (χ2v) is 6.51. The van der Waals surface area contributed by atoms with E-state index in [0.29, 0.717) is 22.8 Å². The van der Waals surface area contributed by atoms with E-state index < -0.39 is 9.85 Å². The molecule has 0 aliphatic heterocycles. The summed E-state index contributed by atoms with van der Waals surface area (Å²) >= 11 is 0. The van der Waals surface area contributed by atoms with Gasteiger partial charge in [-0.1, -0.05) is 12.0 Å². The molecule has 0 aromatic heterocycles. The van der Waals surface area contributed by atoms with Crippen molar-refractivity contribution in [3.8, 4) is 29.6 Å². The van der Waals surface area contributed by atoms with Gasteiger partial charge in [0.2, 0.25) is 0 Å². The SMILES string of the molecule is C#CCOc1ccc(COc2ccc([N+](=O)[O-])cc2)cc1COc1ccc([N+](=O)[O-])cc1. The summed E-state index contributed by atoms with van der Waals surface area (Å²) in [4.78, 5) is 20.6. The maximum absolute atomic E-state index is 10.8. The van der Waals surface area contributed by atoms with Gasteiger partial charge in [-0.15, -0.1) is 6.42 Å². The van der Waals surface area contributed by atoms with Crippen molar-refractivity contribution in [2.45, 2.75) is 13.2 Å². The topological polar surface area (TPSA) is 114 Å². The highest BCUT2D eigenvalue weighted by Crippen LogP contribution is 2.25. The maximum Gasteiger partial charge on any atom is 0.269 e. The highest BCUT2D eigenvalue weighted by molar-refractivity contribution is 5.40. The Bertz CT molecular complexity index is 1140. The lowest BCUT2D eigenvalue weighted by Gasteiger charge is -2.14. The van der Waals surface area contributed by atoms with Crippen LogP contribution in [0.3, 0.4) is 0 Å². The van der Waals surface area contributed by atoms with Crippen LogP contribution in [0.1, 0.15) is 11.1 Å². The molecular formula is C23H18N2O7. The van der Waals surface area contributed by atoms with E-state index in [1.165, 1.54) is 48.5 Å². The summed E-state index contributed by atoms with van der Waals surface area (Å²) in [5.74, 6) is 3.91. The summed E-state index contributed by atoms with van der Waals surface area (Å²) in [5.41, 5.74) is 1.49. The van der Waals surface area contributed by atoms with Crippen LogP contribution in [0.2, 0.25) is 0 Å². The lowest BCUT2D eigenvalue weighted by Crippen LogP contribution is -2.04. The molecule has 0 heterocycles. The Balaban J connectivity index is 1.70. The van der Waals surface area contributed by atoms with Crippen LogP contribution >= 0.6 is 0 Å². The molecule has 0 amide bonds. The molecule has 9 nitrogen and oxygen atoms in total. The van der Waals surface area contributed by atoms with E-state index >= 15 is 0 Å². The Morgan fingerprint density at radius 1 is 0.750 bits per heavy atom. The number of nitro benzene ring substituents is 2. The van der Waals surface area contributed by atoms with E-state index in [2.05, 4.69) is 5.92 Å². The molecule has 0 unspecified atom stereocenters. The molecule has 0 fully saturated rings. The van der Waals surface area contributed by atoms with Crippen LogP contribution in [0, 0.1) is 32.6 Å². The summed E-state index contributed by atoms with van der Waals surface area (Å²) in [6.45, 7) is 0.448. The molecule has 0 N–H and O–H groups in total. The molecule has 0 aliphatic carbocycles. The van der Waals surface area contributed by atoms with Gasteiger partial charge in [0.1, 0.15) is 37.1 Å². The summed E-state index contributed by atoms with van der Waals surface area (Å²) in [5, 5.41) is 21.5. The minimum Gasteiger partial charge on any atom is -0.489 e. The number of terminal acetylenes is 1. The Morgan fingerprint density at radius 3 is 1.78 bits per heavy atom. The van der Waals surface area contributed by atoms with Crippen LogP contribution in [0.5, 0.6) is 17.2 Å². The third kappa shape index (κ3) is 5.96. The van der Waals surface area contributed by atoms with Crippen molar-refractivity contribution >= 4 is 11.4 Å². The molecule has 162 valence electrons. The number of benzene rings is 3. The predicted molar refractivity (Wildman–Crippen MR) is 116 cm³/mol. The van der Waals surface area contributed by atoms with Crippen molar-refractivity contribution in [1.82, 2.24) is 0 Å². The standard InChI is InChI=1S/C23H18N2O7/c1-2-13-30-23-12-3-17(15-31-21-8-4-19(5-9-21)24(26)27)14-18(23)16-32-22-10-6-20(7-11-22)25(28)29/h1,3-12,14H,13,15-16H2. The molecule has 9 heteroatoms. The zero-order chi connectivity index (χ0) is 22.9. The number of hydrogen-bond donors (Lipinski definition) is 0. The summed E-state index contributed by atoms with van der Waals surface area (Å²) in [7, 11) is 0. The third-order valence-electron chi connectivity index (χ3n) is 4.33. The number of hydrogen-bond acceptors (Lipinski definition) is 7. The van der Waals surface area contributed by atoms with Crippen molar-refractivity contribution < 1.29 is 24.1 Å². The van der Waals surface area contributed by atoms with Crippen LogP contribution < -0.4 is 14.2 Å². The molecule has 0 atom stereocenters. The van der Waals surface area contributed by atoms with Gasteiger partial charge in [0, 0.05) is 29.8 Å². The smallest absolute Gasteiger partial charge is 0.269 e. The lowest BCUT2D eigenvalue weighted by molar-refractivity contribution is -0.385. The summed E-state index contributed by atoms with van der Waals surface area (Å²) < 4.78 is 17.0. The van der Waals surface area contributed by atoms with E-state index in [1.807, 2.05) is 12.1 Å². The largest absolute Gasteiger partial charge is 0.489 e. The van der Waals surface area contributed by atoms with Crippen molar-refractivity contribution in [3.63, 3.8) is 0 Å². The number of nitro groups is 2. The zero-order valence-electron chi connectivity index (χ0n) is 16.8. The van der Waals surface area contributed by atoms with Crippen molar-refractivity contribution in [2.24, 2.45) is 0 Å². The Kier molecular flexibility index (Phi) is 7.22. The fourth-order valence-corrected chi connectivity index (χ4v) is 2.75. The Hall–Kier alpha value is -4.58. The first-order chi connectivity index (χ1) is 15.5. The first-order valence-corrected chi connectivity index (χ1v) is 9.39. The van der Waals surface area contributed by atoms with Gasteiger partial charge in [0.25, 0.3) is 11.4 Å². The molecule has 0 saturated carbocycles. The van der Waals surface area contributed by atoms with Gasteiger partial charge in [-0.2, -0.15) is 0 Å². The third-order valence-corrected chi connectivity index (χ3v) is 4.33. The quantitative estimate of drug-likeness (QED) is 0.259. The van der Waals surface area contributed by atoms with E-state index in [0.717, 1.165) is 5.56 Å². The Labute approximate surface area is 183 Å². The first kappa shape index (κ1) is 22.1. The minimum absolute atomic E-state index is 0.0157. The van der Waals surface area contributed by atoms with E-state index in [1.54, 1.807) is 6.07 Å². The molecule has 0 aliphatic rings. The molecule has 0 radical (unpaired) electrons. The average Bonchev–Trinajstić information content (AvgIpc) is 2.81. The molecule has 3 aromatic carbocycles. The average molecular weight is 434 g/mol. The van der Waals surface area contributed by atoms with E-state index in [4.69, 9.17) is 20.6 Å². The molecular weight excluding hydrogens is 416 g/mol. The minimum atomic E-state index is -0.482. The second-order valence-electron chi connectivity index (χ2n) is 6.51. The number of nitrogens with zero attached hydrogens (tertiary/aromatic N) is 2. The van der Waals surface area contributed by atoms with Crippen LogP contribution in [0.25, 0.3) is 0 Å². The fourth-order valence-electron chi connectivity index (χ4n) is 2.75. The number of ether oxygens (including phenoxy) is 3. The van der Waals surface area contributed by atoms with Crippen LogP contribution in [-0.2, 0) is 13.2 Å². The van der Waals surface area contributed by atoms with Crippen molar-refractivity contribution in [3.05, 3.63) is 98.1 Å². The van der Waals surface area contributed by atoms with E-state index in [9.17, 15) is 20.2 Å². The first-order valence-electron chi connectivity index (χ1n) is 9.39. The molecule has 3 rings (SSSR count). The number of non-ortho nitro benzene ring substituents is 2. The summed E-state index contributed by atoms with van der Waals surface area (Å²) in [6, 6.07) is 16.9. The van der Waals surface area contributed by atoms with Crippen LogP contribution in [-0.4, -0.2) is 16.5 Å². The highest BCUT2D eigenvalue weighted by Gasteiger charge is 2.10. The highest BCUT2D eigenvalue weighted by atomic mass is 16.6. The molecule has 3 aromatic rings. The molecule has 32 heavy (non-hydrogen) atoms. The number of rotatable bonds is 10.